The minimum absolute atomic E-state index is 0.00260. The summed E-state index contributed by atoms with van der Waals surface area (Å²) in [4.78, 5) is 20.2. The summed E-state index contributed by atoms with van der Waals surface area (Å²) in [5, 5.41) is 22.7. The number of halogens is 1. The number of β-amino-alcohol motifs (C(OH)–C–C–N with tert-alkyl or cyclic N) is 1. The lowest BCUT2D eigenvalue weighted by molar-refractivity contribution is -0.133. The van der Waals surface area contributed by atoms with Crippen LogP contribution in [0.1, 0.15) is 107 Å². The molecule has 0 bridgehead atoms. The number of aliphatic hydroxyl groups excluding tert-OH is 1. The molecule has 2 aliphatic carbocycles. The van der Waals surface area contributed by atoms with Crippen molar-refractivity contribution in [1.82, 2.24) is 25.8 Å². The fraction of sp³-hybridized carbons (Fsp3) is 0.722. The largest absolute Gasteiger partial charge is 0.484 e. The number of nitrogens with one attached hydrogen (secondary N) is 3. The first-order valence-corrected chi connectivity index (χ1v) is 18.3. The van der Waals surface area contributed by atoms with E-state index in [0.29, 0.717) is 35.7 Å². The van der Waals surface area contributed by atoms with Gasteiger partial charge in [-0.2, -0.15) is 0 Å². The van der Waals surface area contributed by atoms with Crippen LogP contribution in [0.3, 0.4) is 0 Å². The Balaban J connectivity index is 1.03. The number of carbonyl (C=O) groups is 1. The first kappa shape index (κ1) is 33.7. The number of piperidine rings is 1. The third-order valence-electron chi connectivity index (χ3n) is 11.1. The molecular weight excluding hydrogens is 602 g/mol. The Bertz CT molecular complexity index is 1240. The van der Waals surface area contributed by atoms with Crippen molar-refractivity contribution in [1.29, 1.82) is 0 Å². The Morgan fingerprint density at radius 2 is 1.89 bits per heavy atom. The molecule has 6 rings (SSSR count). The van der Waals surface area contributed by atoms with E-state index in [4.69, 9.17) is 20.8 Å². The van der Waals surface area contributed by atoms with Crippen molar-refractivity contribution in [2.75, 3.05) is 26.2 Å². The van der Waals surface area contributed by atoms with Crippen LogP contribution in [0, 0.1) is 11.3 Å². The zero-order chi connectivity index (χ0) is 31.8. The highest BCUT2D eigenvalue weighted by atomic mass is 35.5. The summed E-state index contributed by atoms with van der Waals surface area (Å²) in [7, 11) is 0. The molecule has 2 saturated carbocycles. The molecule has 1 aromatic heterocycles. The molecule has 46 heavy (non-hydrogen) atoms. The number of carbonyl (C=O) groups excluding carboxylic acids is 1. The van der Waals surface area contributed by atoms with Crippen LogP contribution in [0.15, 0.2) is 29.1 Å². The monoisotopic (exact) mass is 655 g/mol. The molecule has 10 heteroatoms. The molecule has 0 radical (unpaired) electrons. The smallest absolute Gasteiger partial charge is 0.223 e. The number of fused-ring (bicyclic) bond motifs is 1. The fourth-order valence-corrected chi connectivity index (χ4v) is 8.81. The normalized spacial score (nSPS) is 25.2. The van der Waals surface area contributed by atoms with Crippen LogP contribution in [0.25, 0.3) is 0 Å². The van der Waals surface area contributed by atoms with E-state index in [1.807, 2.05) is 6.07 Å². The number of benzene rings is 1. The van der Waals surface area contributed by atoms with Gasteiger partial charge in [0.1, 0.15) is 12.4 Å². The molecule has 3 fully saturated rings. The van der Waals surface area contributed by atoms with Crippen LogP contribution in [0.5, 0.6) is 5.75 Å². The first-order valence-electron chi connectivity index (χ1n) is 18.0. The van der Waals surface area contributed by atoms with Gasteiger partial charge >= 0.3 is 0 Å². The van der Waals surface area contributed by atoms with Gasteiger partial charge in [0.05, 0.1) is 23.5 Å². The molecule has 2 unspecified atom stereocenters. The number of nitrogens with zero attached hydrogens (tertiary/aromatic N) is 2. The lowest BCUT2D eigenvalue weighted by Crippen LogP contribution is -2.61. The average molecular weight is 656 g/mol. The van der Waals surface area contributed by atoms with Gasteiger partial charge in [0, 0.05) is 44.7 Å². The molecule has 1 spiro atoms. The number of ether oxygens (including phenoxy) is 1. The molecule has 3 atom stereocenters. The molecule has 1 saturated heterocycles. The van der Waals surface area contributed by atoms with Crippen LogP contribution in [-0.2, 0) is 24.4 Å². The van der Waals surface area contributed by atoms with E-state index in [2.05, 4.69) is 31.9 Å². The van der Waals surface area contributed by atoms with Gasteiger partial charge in [0.25, 0.3) is 0 Å². The highest BCUT2D eigenvalue weighted by Crippen LogP contribution is 2.44. The summed E-state index contributed by atoms with van der Waals surface area (Å²) >= 11 is 6.74. The highest BCUT2D eigenvalue weighted by Gasteiger charge is 2.46. The predicted molar refractivity (Wildman–Crippen MR) is 180 cm³/mol. The van der Waals surface area contributed by atoms with Crippen molar-refractivity contribution in [2.45, 2.75) is 128 Å². The number of hydrogen-bond donors (Lipinski definition) is 4. The SMILES string of the molecule is O=C(NC[C@H](O)CN1CCc2c(ccc(OCc3cnco3)c2Cl)C1)C1CC(NC2CCCCC2)NCC12CCCCCCCC2. The molecular formula is C36H54ClN5O4. The molecule has 254 valence electrons. The van der Waals surface area contributed by atoms with Crippen molar-refractivity contribution in [3.05, 3.63) is 46.6 Å². The lowest BCUT2D eigenvalue weighted by atomic mass is 9.64. The Labute approximate surface area is 279 Å². The zero-order valence-corrected chi connectivity index (χ0v) is 28.2. The number of aromatic nitrogens is 1. The van der Waals surface area contributed by atoms with Gasteiger partial charge in [-0.1, -0.05) is 75.5 Å². The second-order valence-corrected chi connectivity index (χ2v) is 14.7. The van der Waals surface area contributed by atoms with E-state index in [0.717, 1.165) is 49.9 Å². The standard InChI is InChI=1S/C36H54ClN5O4/c37-34-30-14-17-42(21-26(30)12-13-32(34)45-23-29-20-38-25-46-29)22-28(43)19-39-35(44)31-18-33(41-27-10-6-5-7-11-27)40-24-36(31)15-8-3-1-2-4-9-16-36/h12-13,20,25,27-28,31,33,40-41,43H,1-11,14-19,21-24H2,(H,39,44)/t28-,31?,33?/m0/s1. The minimum atomic E-state index is -0.639. The van der Waals surface area contributed by atoms with Gasteiger partial charge in [-0.25, -0.2) is 4.98 Å². The van der Waals surface area contributed by atoms with Gasteiger partial charge in [0.15, 0.2) is 12.2 Å². The molecule has 1 amide bonds. The van der Waals surface area contributed by atoms with E-state index in [-0.39, 0.29) is 36.6 Å². The van der Waals surface area contributed by atoms with Gasteiger partial charge in [0.2, 0.25) is 5.91 Å². The summed E-state index contributed by atoms with van der Waals surface area (Å²) in [6.07, 6.45) is 20.3. The Hall–Kier alpha value is -2.17. The molecule has 2 aliphatic heterocycles. The third-order valence-corrected chi connectivity index (χ3v) is 11.5. The van der Waals surface area contributed by atoms with Crippen molar-refractivity contribution in [3.63, 3.8) is 0 Å². The zero-order valence-electron chi connectivity index (χ0n) is 27.4. The van der Waals surface area contributed by atoms with Gasteiger partial charge in [-0.05, 0) is 61.1 Å². The van der Waals surface area contributed by atoms with Crippen LogP contribution in [0.4, 0.5) is 0 Å². The third kappa shape index (κ3) is 8.64. The maximum Gasteiger partial charge on any atom is 0.223 e. The molecule has 9 nitrogen and oxygen atoms in total. The topological polar surface area (TPSA) is 112 Å². The van der Waals surface area contributed by atoms with E-state index in [1.165, 1.54) is 77.0 Å². The maximum absolute atomic E-state index is 14.0. The highest BCUT2D eigenvalue weighted by molar-refractivity contribution is 6.33. The van der Waals surface area contributed by atoms with E-state index < -0.39 is 6.10 Å². The Kier molecular flexibility index (Phi) is 11.9. The van der Waals surface area contributed by atoms with E-state index in [9.17, 15) is 9.90 Å². The Morgan fingerprint density at radius 1 is 1.13 bits per heavy atom. The summed E-state index contributed by atoms with van der Waals surface area (Å²) in [6, 6.07) is 4.51. The summed E-state index contributed by atoms with van der Waals surface area (Å²) in [5.74, 6) is 1.38. The molecule has 1 aromatic carbocycles. The Morgan fingerprint density at radius 3 is 2.65 bits per heavy atom. The van der Waals surface area contributed by atoms with Crippen LogP contribution >= 0.6 is 11.6 Å². The van der Waals surface area contributed by atoms with Gasteiger partial charge < -0.3 is 24.9 Å². The van der Waals surface area contributed by atoms with Gasteiger partial charge in [-0.3, -0.25) is 15.0 Å². The van der Waals surface area contributed by atoms with Crippen molar-refractivity contribution < 1.29 is 19.1 Å². The second kappa shape index (κ2) is 16.3. The summed E-state index contributed by atoms with van der Waals surface area (Å²) in [5.41, 5.74) is 2.24. The van der Waals surface area contributed by atoms with E-state index >= 15 is 0 Å². The average Bonchev–Trinajstić information content (AvgIpc) is 3.62. The molecule has 3 heterocycles. The maximum atomic E-state index is 14.0. The first-order chi connectivity index (χ1) is 22.5. The number of aliphatic hydroxyl groups is 1. The van der Waals surface area contributed by atoms with Gasteiger partial charge in [-0.15, -0.1) is 0 Å². The van der Waals surface area contributed by atoms with Crippen molar-refractivity contribution in [3.8, 4) is 5.75 Å². The minimum Gasteiger partial charge on any atom is -0.484 e. The predicted octanol–water partition coefficient (Wildman–Crippen LogP) is 5.72. The molecule has 4 aliphatic rings. The number of rotatable bonds is 10. The van der Waals surface area contributed by atoms with Crippen LogP contribution in [-0.4, -0.2) is 65.4 Å². The molecule has 4 N–H and O–H groups in total. The number of hydrogen-bond acceptors (Lipinski definition) is 8. The quantitative estimate of drug-likeness (QED) is 0.257. The van der Waals surface area contributed by atoms with Crippen LogP contribution in [0.2, 0.25) is 5.02 Å². The van der Waals surface area contributed by atoms with E-state index in [1.54, 1.807) is 6.20 Å². The molecule has 2 aromatic rings. The fourth-order valence-electron chi connectivity index (χ4n) is 8.48. The van der Waals surface area contributed by atoms with Crippen molar-refractivity contribution in [2.24, 2.45) is 11.3 Å². The second-order valence-electron chi connectivity index (χ2n) is 14.4. The van der Waals surface area contributed by atoms with Crippen LogP contribution < -0.4 is 20.7 Å². The number of oxazole rings is 1. The summed E-state index contributed by atoms with van der Waals surface area (Å²) in [6.45, 7) is 3.45. The number of amides is 1. The lowest BCUT2D eigenvalue weighted by Gasteiger charge is -2.48. The van der Waals surface area contributed by atoms with Crippen molar-refractivity contribution >= 4 is 17.5 Å². The summed E-state index contributed by atoms with van der Waals surface area (Å²) < 4.78 is 11.1.